The fraction of sp³-hybridized carbons (Fsp3) is 0.950. The second-order valence-corrected chi connectivity index (χ2v) is 22.1. The lowest BCUT2D eigenvalue weighted by atomic mass is 10.0. The van der Waals surface area contributed by atoms with Crippen LogP contribution in [-0.2, 0) is 28.6 Å². The van der Waals surface area contributed by atoms with E-state index in [0.29, 0.717) is 19.3 Å². The van der Waals surface area contributed by atoms with Crippen LogP contribution in [0.1, 0.15) is 330 Å². The first kappa shape index (κ1) is 64.4. The molecule has 0 bridgehead atoms. The Morgan fingerprint density at radius 1 is 0.258 bits per heavy atom. The minimum atomic E-state index is -0.764. The van der Waals surface area contributed by atoms with Gasteiger partial charge in [-0.15, -0.1) is 0 Å². The van der Waals surface area contributed by atoms with Crippen LogP contribution in [0.2, 0.25) is 0 Å². The number of hydrogen-bond donors (Lipinski definition) is 0. The first-order valence-electron chi connectivity index (χ1n) is 29.6. The molecule has 6 heteroatoms. The van der Waals surface area contributed by atoms with Crippen LogP contribution in [0.5, 0.6) is 0 Å². The Balaban J connectivity index is 4.27. The Kier molecular flexibility index (Phi) is 50.0. The van der Waals surface area contributed by atoms with Gasteiger partial charge in [0.25, 0.3) is 0 Å². The predicted molar refractivity (Wildman–Crippen MR) is 284 cm³/mol. The maximum Gasteiger partial charge on any atom is 0.306 e. The smallest absolute Gasteiger partial charge is 0.306 e. The molecular formula is C60H116O6. The molecule has 0 aliphatic carbocycles. The summed E-state index contributed by atoms with van der Waals surface area (Å²) in [6, 6.07) is 0. The van der Waals surface area contributed by atoms with E-state index in [0.717, 1.165) is 75.5 Å². The molecule has 0 fully saturated rings. The van der Waals surface area contributed by atoms with Crippen molar-refractivity contribution in [2.24, 2.45) is 17.8 Å². The van der Waals surface area contributed by atoms with Gasteiger partial charge in [-0.25, -0.2) is 0 Å². The fourth-order valence-electron chi connectivity index (χ4n) is 9.18. The summed E-state index contributed by atoms with van der Waals surface area (Å²) in [4.78, 5) is 38.2. The van der Waals surface area contributed by atoms with Gasteiger partial charge in [0.05, 0.1) is 0 Å². The summed E-state index contributed by atoms with van der Waals surface area (Å²) in [5.41, 5.74) is 0. The first-order valence-corrected chi connectivity index (χ1v) is 29.6. The Morgan fingerprint density at radius 2 is 0.439 bits per heavy atom. The second kappa shape index (κ2) is 51.3. The zero-order valence-corrected chi connectivity index (χ0v) is 45.5. The standard InChI is InChI=1S/C60H116O6/c1-54(2)46-40-34-28-22-17-13-9-7-11-15-19-25-31-37-43-49-58(61)64-52-57(53-65-59(62)50-44-38-32-27-21-24-30-36-42-48-56(5)6)66-60(63)51-45-39-33-26-20-16-12-8-10-14-18-23-29-35-41-47-55(3)4/h54-57H,7-53H2,1-6H3/t57-/m0/s1. The largest absolute Gasteiger partial charge is 0.462 e. The summed E-state index contributed by atoms with van der Waals surface area (Å²) in [6.45, 7) is 13.8. The molecule has 0 radical (unpaired) electrons. The summed E-state index contributed by atoms with van der Waals surface area (Å²) >= 11 is 0. The van der Waals surface area contributed by atoms with Gasteiger partial charge in [0.2, 0.25) is 0 Å². The van der Waals surface area contributed by atoms with Crippen LogP contribution in [0, 0.1) is 17.8 Å². The molecular weight excluding hydrogens is 817 g/mol. The quantitative estimate of drug-likeness (QED) is 0.0343. The molecule has 0 aromatic carbocycles. The van der Waals surface area contributed by atoms with E-state index in [9.17, 15) is 14.4 Å². The van der Waals surface area contributed by atoms with Crippen molar-refractivity contribution in [2.75, 3.05) is 13.2 Å². The van der Waals surface area contributed by atoms with Crippen molar-refractivity contribution in [1.82, 2.24) is 0 Å². The molecule has 0 aromatic rings. The van der Waals surface area contributed by atoms with Gasteiger partial charge in [-0.3, -0.25) is 14.4 Å². The van der Waals surface area contributed by atoms with Crippen LogP contribution in [-0.4, -0.2) is 37.2 Å². The Labute approximate surface area is 412 Å². The fourth-order valence-corrected chi connectivity index (χ4v) is 9.18. The molecule has 0 unspecified atom stereocenters. The lowest BCUT2D eigenvalue weighted by molar-refractivity contribution is -0.167. The Bertz CT molecular complexity index is 1020. The van der Waals surface area contributed by atoms with E-state index < -0.39 is 6.10 Å². The van der Waals surface area contributed by atoms with Crippen molar-refractivity contribution >= 4 is 17.9 Å². The summed E-state index contributed by atoms with van der Waals surface area (Å²) in [7, 11) is 0. The molecule has 0 aliphatic heterocycles. The van der Waals surface area contributed by atoms with Crippen molar-refractivity contribution in [1.29, 1.82) is 0 Å². The van der Waals surface area contributed by atoms with Crippen molar-refractivity contribution < 1.29 is 28.6 Å². The van der Waals surface area contributed by atoms with Gasteiger partial charge < -0.3 is 14.2 Å². The van der Waals surface area contributed by atoms with Crippen LogP contribution in [0.3, 0.4) is 0 Å². The van der Waals surface area contributed by atoms with E-state index in [-0.39, 0.29) is 31.1 Å². The lowest BCUT2D eigenvalue weighted by Crippen LogP contribution is -2.30. The molecule has 0 amide bonds. The van der Waals surface area contributed by atoms with Gasteiger partial charge in [-0.05, 0) is 37.0 Å². The van der Waals surface area contributed by atoms with E-state index in [4.69, 9.17) is 14.2 Å². The third-order valence-electron chi connectivity index (χ3n) is 13.6. The van der Waals surface area contributed by atoms with Gasteiger partial charge in [0.1, 0.15) is 13.2 Å². The van der Waals surface area contributed by atoms with E-state index in [1.807, 2.05) is 0 Å². The summed E-state index contributed by atoms with van der Waals surface area (Å²) < 4.78 is 16.9. The highest BCUT2D eigenvalue weighted by atomic mass is 16.6. The molecule has 66 heavy (non-hydrogen) atoms. The normalized spacial score (nSPS) is 12.1. The highest BCUT2D eigenvalue weighted by molar-refractivity contribution is 5.71. The van der Waals surface area contributed by atoms with Crippen molar-refractivity contribution in [3.05, 3.63) is 0 Å². The number of carbonyl (C=O) groups is 3. The monoisotopic (exact) mass is 933 g/mol. The number of carbonyl (C=O) groups excluding carboxylic acids is 3. The van der Waals surface area contributed by atoms with Crippen LogP contribution in [0.25, 0.3) is 0 Å². The van der Waals surface area contributed by atoms with Crippen LogP contribution >= 0.6 is 0 Å². The molecule has 0 heterocycles. The Morgan fingerprint density at radius 3 is 0.652 bits per heavy atom. The Hall–Kier alpha value is -1.59. The zero-order chi connectivity index (χ0) is 48.4. The minimum absolute atomic E-state index is 0.0634. The topological polar surface area (TPSA) is 78.9 Å². The molecule has 392 valence electrons. The second-order valence-electron chi connectivity index (χ2n) is 22.1. The van der Waals surface area contributed by atoms with Gasteiger partial charge in [0, 0.05) is 19.3 Å². The van der Waals surface area contributed by atoms with Crippen LogP contribution in [0.4, 0.5) is 0 Å². The van der Waals surface area contributed by atoms with E-state index in [2.05, 4.69) is 41.5 Å². The number of esters is 3. The molecule has 0 saturated carbocycles. The number of hydrogen-bond acceptors (Lipinski definition) is 6. The molecule has 1 atom stereocenters. The average Bonchev–Trinajstić information content (AvgIpc) is 3.28. The maximum atomic E-state index is 12.9. The molecule has 0 rings (SSSR count). The van der Waals surface area contributed by atoms with Gasteiger partial charge in [0.15, 0.2) is 6.10 Å². The molecule has 0 aliphatic rings. The van der Waals surface area contributed by atoms with E-state index in [1.165, 1.54) is 212 Å². The minimum Gasteiger partial charge on any atom is -0.462 e. The van der Waals surface area contributed by atoms with E-state index >= 15 is 0 Å². The van der Waals surface area contributed by atoms with Crippen molar-refractivity contribution in [2.45, 2.75) is 337 Å². The van der Waals surface area contributed by atoms with Crippen molar-refractivity contribution in [3.63, 3.8) is 0 Å². The molecule has 0 saturated heterocycles. The summed E-state index contributed by atoms with van der Waals surface area (Å²) in [5.74, 6) is 1.66. The SMILES string of the molecule is CC(C)CCCCCCCCCCCCCCCCCC(=O)OC[C@@H](COC(=O)CCCCCCCCCCCC(C)C)OC(=O)CCCCCCCCCCCCCCCCCC(C)C. The highest BCUT2D eigenvalue weighted by Crippen LogP contribution is 2.19. The van der Waals surface area contributed by atoms with Crippen molar-refractivity contribution in [3.8, 4) is 0 Å². The molecule has 0 N–H and O–H groups in total. The third-order valence-corrected chi connectivity index (χ3v) is 13.6. The van der Waals surface area contributed by atoms with Gasteiger partial charge in [-0.1, -0.05) is 292 Å². The predicted octanol–water partition coefficient (Wildman–Crippen LogP) is 19.5. The highest BCUT2D eigenvalue weighted by Gasteiger charge is 2.19. The molecule has 0 spiro atoms. The lowest BCUT2D eigenvalue weighted by Gasteiger charge is -2.18. The zero-order valence-electron chi connectivity index (χ0n) is 45.5. The third kappa shape index (κ3) is 53.4. The summed E-state index contributed by atoms with van der Waals surface area (Å²) in [5, 5.41) is 0. The first-order chi connectivity index (χ1) is 32.1. The van der Waals surface area contributed by atoms with Gasteiger partial charge >= 0.3 is 17.9 Å². The molecule has 6 nitrogen and oxygen atoms in total. The summed E-state index contributed by atoms with van der Waals surface area (Å²) in [6.07, 6.45) is 53.8. The molecule has 0 aromatic heterocycles. The number of unbranched alkanes of at least 4 members (excludes halogenated alkanes) is 36. The maximum absolute atomic E-state index is 12.9. The number of rotatable bonds is 53. The van der Waals surface area contributed by atoms with Crippen LogP contribution < -0.4 is 0 Å². The number of ether oxygens (including phenoxy) is 3. The van der Waals surface area contributed by atoms with Gasteiger partial charge in [-0.2, -0.15) is 0 Å². The van der Waals surface area contributed by atoms with Crippen LogP contribution in [0.15, 0.2) is 0 Å². The average molecular weight is 934 g/mol. The van der Waals surface area contributed by atoms with E-state index in [1.54, 1.807) is 0 Å².